The number of carbonyl (C=O) groups excluding carboxylic acids is 1. The Hall–Kier alpha value is -2.55. The first kappa shape index (κ1) is 16.3. The molecule has 1 amide bonds. The van der Waals surface area contributed by atoms with Gasteiger partial charge in [-0.2, -0.15) is 0 Å². The predicted octanol–water partition coefficient (Wildman–Crippen LogP) is 4.11. The summed E-state index contributed by atoms with van der Waals surface area (Å²) in [5.74, 6) is 1.28. The van der Waals surface area contributed by atoms with Crippen LogP contribution in [0.4, 0.5) is 0 Å². The van der Waals surface area contributed by atoms with E-state index in [4.69, 9.17) is 4.74 Å². The molecule has 1 aliphatic heterocycles. The van der Waals surface area contributed by atoms with Crippen LogP contribution in [0.5, 0.6) is 5.75 Å². The van der Waals surface area contributed by atoms with Gasteiger partial charge in [0.25, 0.3) is 0 Å². The van der Waals surface area contributed by atoms with Gasteiger partial charge in [0.2, 0.25) is 5.91 Å². The van der Waals surface area contributed by atoms with Crippen molar-refractivity contribution in [1.29, 1.82) is 0 Å². The monoisotopic (exact) mass is 321 g/mol. The summed E-state index contributed by atoms with van der Waals surface area (Å²) in [7, 11) is 1.64. The van der Waals surface area contributed by atoms with Gasteiger partial charge in [0.15, 0.2) is 0 Å². The van der Waals surface area contributed by atoms with Crippen molar-refractivity contribution in [3.63, 3.8) is 0 Å². The number of para-hydroxylation sites is 1. The van der Waals surface area contributed by atoms with Gasteiger partial charge in [-0.15, -0.1) is 0 Å². The first-order chi connectivity index (χ1) is 11.8. The van der Waals surface area contributed by atoms with Gasteiger partial charge in [-0.05, 0) is 30.5 Å². The fourth-order valence-electron chi connectivity index (χ4n) is 3.25. The molecule has 124 valence electrons. The Morgan fingerprint density at radius 3 is 2.67 bits per heavy atom. The maximum absolute atomic E-state index is 12.5. The lowest BCUT2D eigenvalue weighted by molar-refractivity contribution is -0.127. The number of piperidine rings is 1. The van der Waals surface area contributed by atoms with Gasteiger partial charge in [0.1, 0.15) is 5.75 Å². The molecular weight excluding hydrogens is 298 g/mol. The van der Waals surface area contributed by atoms with E-state index in [1.165, 1.54) is 5.56 Å². The summed E-state index contributed by atoms with van der Waals surface area (Å²) < 4.78 is 5.32. The topological polar surface area (TPSA) is 29.5 Å². The Labute approximate surface area is 143 Å². The van der Waals surface area contributed by atoms with E-state index < -0.39 is 0 Å². The van der Waals surface area contributed by atoms with Gasteiger partial charge in [-0.1, -0.05) is 48.5 Å². The Morgan fingerprint density at radius 2 is 1.88 bits per heavy atom. The minimum absolute atomic E-state index is 0.0709. The van der Waals surface area contributed by atoms with Gasteiger partial charge in [0.05, 0.1) is 7.11 Å². The summed E-state index contributed by atoms with van der Waals surface area (Å²) in [5.41, 5.74) is 2.24. The van der Waals surface area contributed by atoms with E-state index in [1.807, 2.05) is 41.3 Å². The molecule has 0 saturated carbocycles. The number of likely N-dealkylation sites (tertiary alicyclic amines) is 1. The fourth-order valence-corrected chi connectivity index (χ4v) is 3.25. The van der Waals surface area contributed by atoms with E-state index in [0.29, 0.717) is 5.92 Å². The number of hydrogen-bond donors (Lipinski definition) is 0. The first-order valence-electron chi connectivity index (χ1n) is 8.43. The number of methoxy groups -OCH3 is 1. The highest BCUT2D eigenvalue weighted by atomic mass is 16.5. The molecule has 3 rings (SSSR count). The average molecular weight is 321 g/mol. The fraction of sp³-hybridized carbons (Fsp3) is 0.286. The second-order valence-electron chi connectivity index (χ2n) is 6.11. The molecule has 2 aromatic carbocycles. The third-order valence-corrected chi connectivity index (χ3v) is 4.55. The van der Waals surface area contributed by atoms with Crippen LogP contribution in [0.3, 0.4) is 0 Å². The minimum Gasteiger partial charge on any atom is -0.496 e. The minimum atomic E-state index is 0.0709. The van der Waals surface area contributed by atoms with Crippen molar-refractivity contribution in [2.75, 3.05) is 20.2 Å². The lowest BCUT2D eigenvalue weighted by atomic mass is 9.90. The van der Waals surface area contributed by atoms with E-state index >= 15 is 0 Å². The standard InChI is InChI=1S/C21H23NO2/c1-24-20-12-6-5-10-18(20)13-14-21(23)22-15-7-11-19(16-22)17-8-3-2-4-9-17/h2-6,8-10,12-14,19H,7,11,15-16H2,1H3/b14-13+/t19-/m1/s1. The van der Waals surface area contributed by atoms with Crippen molar-refractivity contribution in [1.82, 2.24) is 4.90 Å². The number of amides is 1. The van der Waals surface area contributed by atoms with Crippen LogP contribution in [0.2, 0.25) is 0 Å². The lowest BCUT2D eigenvalue weighted by Gasteiger charge is -2.32. The van der Waals surface area contributed by atoms with Gasteiger partial charge >= 0.3 is 0 Å². The molecule has 3 nitrogen and oxygen atoms in total. The Bertz CT molecular complexity index is 709. The number of rotatable bonds is 4. The van der Waals surface area contributed by atoms with E-state index in [2.05, 4.69) is 24.3 Å². The van der Waals surface area contributed by atoms with Crippen molar-refractivity contribution in [3.8, 4) is 5.75 Å². The molecule has 3 heteroatoms. The summed E-state index contributed by atoms with van der Waals surface area (Å²) in [6, 6.07) is 18.2. The van der Waals surface area contributed by atoms with E-state index in [-0.39, 0.29) is 5.91 Å². The van der Waals surface area contributed by atoms with Crippen molar-refractivity contribution in [3.05, 3.63) is 71.8 Å². The van der Waals surface area contributed by atoms with Gasteiger partial charge in [0, 0.05) is 30.6 Å². The number of carbonyl (C=O) groups is 1. The van der Waals surface area contributed by atoms with Crippen LogP contribution >= 0.6 is 0 Å². The summed E-state index contributed by atoms with van der Waals surface area (Å²) in [6.07, 6.45) is 5.69. The maximum Gasteiger partial charge on any atom is 0.246 e. The van der Waals surface area contributed by atoms with E-state index in [0.717, 1.165) is 37.2 Å². The predicted molar refractivity (Wildman–Crippen MR) is 97.0 cm³/mol. The zero-order chi connectivity index (χ0) is 16.8. The molecule has 1 aliphatic rings. The second-order valence-corrected chi connectivity index (χ2v) is 6.11. The highest BCUT2D eigenvalue weighted by Crippen LogP contribution is 2.27. The van der Waals surface area contributed by atoms with Crippen molar-refractivity contribution in [2.45, 2.75) is 18.8 Å². The Balaban J connectivity index is 1.67. The second kappa shape index (κ2) is 7.82. The van der Waals surface area contributed by atoms with Crippen LogP contribution in [-0.2, 0) is 4.79 Å². The van der Waals surface area contributed by atoms with Gasteiger partial charge < -0.3 is 9.64 Å². The number of hydrogen-bond acceptors (Lipinski definition) is 2. The molecule has 0 aliphatic carbocycles. The largest absolute Gasteiger partial charge is 0.496 e. The lowest BCUT2D eigenvalue weighted by Crippen LogP contribution is -2.38. The smallest absolute Gasteiger partial charge is 0.246 e. The van der Waals surface area contributed by atoms with Crippen molar-refractivity contribution in [2.24, 2.45) is 0 Å². The molecule has 1 saturated heterocycles. The van der Waals surface area contributed by atoms with Gasteiger partial charge in [-0.25, -0.2) is 0 Å². The number of ether oxygens (including phenoxy) is 1. The van der Waals surface area contributed by atoms with E-state index in [1.54, 1.807) is 13.2 Å². The molecule has 0 bridgehead atoms. The highest BCUT2D eigenvalue weighted by Gasteiger charge is 2.23. The first-order valence-corrected chi connectivity index (χ1v) is 8.43. The normalized spacial score (nSPS) is 17.9. The molecule has 1 fully saturated rings. The summed E-state index contributed by atoms with van der Waals surface area (Å²) in [4.78, 5) is 14.5. The van der Waals surface area contributed by atoms with Crippen LogP contribution < -0.4 is 4.74 Å². The highest BCUT2D eigenvalue weighted by molar-refractivity contribution is 5.92. The SMILES string of the molecule is COc1ccccc1/C=C/C(=O)N1CCC[C@@H](c2ccccc2)C1. The van der Waals surface area contributed by atoms with Crippen molar-refractivity contribution < 1.29 is 9.53 Å². The van der Waals surface area contributed by atoms with Crippen LogP contribution in [0.15, 0.2) is 60.7 Å². The number of nitrogens with zero attached hydrogens (tertiary/aromatic N) is 1. The number of benzene rings is 2. The third kappa shape index (κ3) is 3.85. The van der Waals surface area contributed by atoms with Gasteiger partial charge in [-0.3, -0.25) is 4.79 Å². The molecule has 0 unspecified atom stereocenters. The molecule has 24 heavy (non-hydrogen) atoms. The molecule has 2 aromatic rings. The molecule has 0 spiro atoms. The summed E-state index contributed by atoms with van der Waals surface area (Å²) >= 11 is 0. The van der Waals surface area contributed by atoms with Crippen LogP contribution in [0.1, 0.15) is 29.9 Å². The average Bonchev–Trinajstić information content (AvgIpc) is 2.67. The molecule has 0 aromatic heterocycles. The summed E-state index contributed by atoms with van der Waals surface area (Å²) in [6.45, 7) is 1.62. The molecule has 1 heterocycles. The van der Waals surface area contributed by atoms with Crippen LogP contribution in [0.25, 0.3) is 6.08 Å². The molecule has 0 radical (unpaired) electrons. The molecule has 0 N–H and O–H groups in total. The van der Waals surface area contributed by atoms with Crippen LogP contribution in [0, 0.1) is 0 Å². The molecular formula is C21H23NO2. The van der Waals surface area contributed by atoms with Crippen LogP contribution in [-0.4, -0.2) is 31.0 Å². The van der Waals surface area contributed by atoms with Crippen molar-refractivity contribution >= 4 is 12.0 Å². The quantitative estimate of drug-likeness (QED) is 0.793. The third-order valence-electron chi connectivity index (χ3n) is 4.55. The summed E-state index contributed by atoms with van der Waals surface area (Å²) in [5, 5.41) is 0. The zero-order valence-electron chi connectivity index (χ0n) is 14.0. The van der Waals surface area contributed by atoms with E-state index in [9.17, 15) is 4.79 Å². The zero-order valence-corrected chi connectivity index (χ0v) is 14.0. The Morgan fingerprint density at radius 1 is 1.12 bits per heavy atom. The Kier molecular flexibility index (Phi) is 5.32. The maximum atomic E-state index is 12.5. The molecule has 1 atom stereocenters.